The van der Waals surface area contributed by atoms with E-state index in [-0.39, 0.29) is 23.1 Å². The van der Waals surface area contributed by atoms with Gasteiger partial charge in [-0.05, 0) is 24.3 Å². The van der Waals surface area contributed by atoms with Crippen molar-refractivity contribution in [1.82, 2.24) is 0 Å². The summed E-state index contributed by atoms with van der Waals surface area (Å²) in [6.45, 7) is 3.25. The van der Waals surface area contributed by atoms with Crippen LogP contribution >= 0.6 is 0 Å². The van der Waals surface area contributed by atoms with Crippen LogP contribution in [0, 0.1) is 22.7 Å². The summed E-state index contributed by atoms with van der Waals surface area (Å²) in [7, 11) is 0. The topological polar surface area (TPSA) is 68.3 Å². The van der Waals surface area contributed by atoms with Gasteiger partial charge in [0.2, 0.25) is 0 Å². The van der Waals surface area contributed by atoms with Gasteiger partial charge in [-0.3, -0.25) is 19.2 Å². The van der Waals surface area contributed by atoms with E-state index in [4.69, 9.17) is 0 Å². The molecule has 0 aromatic heterocycles. The van der Waals surface area contributed by atoms with E-state index in [0.29, 0.717) is 0 Å². The van der Waals surface area contributed by atoms with E-state index in [1.165, 1.54) is 24.3 Å². The first-order valence-corrected chi connectivity index (χ1v) is 5.87. The molecule has 0 aliphatic heterocycles. The van der Waals surface area contributed by atoms with E-state index >= 15 is 0 Å². The summed E-state index contributed by atoms with van der Waals surface area (Å²) in [5.41, 5.74) is -2.09. The third-order valence-corrected chi connectivity index (χ3v) is 4.83. The lowest BCUT2D eigenvalue weighted by atomic mass is 9.34. The molecule has 4 heteroatoms. The zero-order valence-corrected chi connectivity index (χ0v) is 10.1. The first-order chi connectivity index (χ1) is 8.34. The molecule has 0 atom stereocenters. The molecule has 3 aliphatic carbocycles. The fourth-order valence-corrected chi connectivity index (χ4v) is 4.10. The number of hydrogen-bond acceptors (Lipinski definition) is 4. The van der Waals surface area contributed by atoms with Crippen molar-refractivity contribution in [1.29, 1.82) is 0 Å². The van der Waals surface area contributed by atoms with E-state index in [1.54, 1.807) is 13.8 Å². The molecule has 1 fully saturated rings. The minimum absolute atomic E-state index is 0.229. The number of fused-ring (bicyclic) bond motifs is 4. The van der Waals surface area contributed by atoms with Crippen molar-refractivity contribution in [2.45, 2.75) is 13.8 Å². The highest BCUT2D eigenvalue weighted by atomic mass is 16.2. The van der Waals surface area contributed by atoms with E-state index in [9.17, 15) is 19.2 Å². The van der Waals surface area contributed by atoms with E-state index in [2.05, 4.69) is 0 Å². The molecule has 0 spiro atoms. The monoisotopic (exact) mass is 244 g/mol. The molecular weight excluding hydrogens is 232 g/mol. The molecule has 0 aromatic carbocycles. The Morgan fingerprint density at radius 3 is 1.39 bits per heavy atom. The fraction of sp³-hybridized carbons (Fsp3) is 0.429. The molecule has 0 radical (unpaired) electrons. The van der Waals surface area contributed by atoms with Crippen LogP contribution < -0.4 is 0 Å². The highest BCUT2D eigenvalue weighted by Crippen LogP contribution is 2.67. The van der Waals surface area contributed by atoms with Gasteiger partial charge in [-0.15, -0.1) is 0 Å². The molecule has 0 amide bonds. The molecule has 0 bridgehead atoms. The highest BCUT2D eigenvalue weighted by Gasteiger charge is 2.76. The Morgan fingerprint density at radius 2 is 1.06 bits per heavy atom. The van der Waals surface area contributed by atoms with Gasteiger partial charge < -0.3 is 0 Å². The van der Waals surface area contributed by atoms with Crippen molar-refractivity contribution < 1.29 is 19.2 Å². The maximum Gasteiger partial charge on any atom is 0.163 e. The minimum atomic E-state index is -1.04. The summed E-state index contributed by atoms with van der Waals surface area (Å²) < 4.78 is 0. The van der Waals surface area contributed by atoms with Crippen LogP contribution in [0.4, 0.5) is 0 Å². The van der Waals surface area contributed by atoms with Crippen molar-refractivity contribution in [3.05, 3.63) is 24.3 Å². The van der Waals surface area contributed by atoms with Crippen molar-refractivity contribution >= 4 is 23.1 Å². The molecule has 18 heavy (non-hydrogen) atoms. The van der Waals surface area contributed by atoms with Gasteiger partial charge in [0, 0.05) is 11.8 Å². The van der Waals surface area contributed by atoms with Crippen LogP contribution in [0.1, 0.15) is 13.8 Å². The Labute approximate surface area is 104 Å². The lowest BCUT2D eigenvalue weighted by Crippen LogP contribution is -2.73. The summed E-state index contributed by atoms with van der Waals surface area (Å²) in [5, 5.41) is 0. The van der Waals surface area contributed by atoms with Crippen molar-refractivity contribution in [2.24, 2.45) is 22.7 Å². The van der Waals surface area contributed by atoms with Gasteiger partial charge in [0.15, 0.2) is 23.1 Å². The van der Waals surface area contributed by atoms with Gasteiger partial charge in [0.1, 0.15) is 0 Å². The summed E-state index contributed by atoms with van der Waals surface area (Å²) in [6, 6.07) is 0. The normalized spacial score (nSPS) is 45.7. The average Bonchev–Trinajstić information content (AvgIpc) is 2.29. The summed E-state index contributed by atoms with van der Waals surface area (Å²) in [6.07, 6.45) is 4.92. The maximum absolute atomic E-state index is 12.0. The molecule has 1 saturated carbocycles. The Morgan fingerprint density at radius 1 is 0.722 bits per heavy atom. The third-order valence-electron chi connectivity index (χ3n) is 4.83. The van der Waals surface area contributed by atoms with Gasteiger partial charge >= 0.3 is 0 Å². The second-order valence-corrected chi connectivity index (χ2v) is 5.63. The number of carbonyl (C=O) groups is 4. The molecule has 3 aliphatic rings. The Bertz CT molecular complexity index is 519. The zero-order chi connectivity index (χ0) is 13.3. The molecular formula is C14H12O4. The number of rotatable bonds is 0. The predicted molar refractivity (Wildman–Crippen MR) is 61.5 cm³/mol. The van der Waals surface area contributed by atoms with Gasteiger partial charge in [-0.1, -0.05) is 13.8 Å². The van der Waals surface area contributed by atoms with Gasteiger partial charge in [-0.2, -0.15) is 0 Å². The number of hydrogen-bond donors (Lipinski definition) is 0. The molecule has 0 heterocycles. The van der Waals surface area contributed by atoms with Crippen LogP contribution in [0.5, 0.6) is 0 Å². The van der Waals surface area contributed by atoms with Crippen LogP contribution in [-0.2, 0) is 19.2 Å². The minimum Gasteiger partial charge on any atom is -0.294 e. The van der Waals surface area contributed by atoms with Crippen molar-refractivity contribution in [3.8, 4) is 0 Å². The lowest BCUT2D eigenvalue weighted by molar-refractivity contribution is -0.195. The molecule has 0 unspecified atom stereocenters. The van der Waals surface area contributed by atoms with Crippen LogP contribution in [0.3, 0.4) is 0 Å². The number of ketones is 4. The van der Waals surface area contributed by atoms with Gasteiger partial charge in [0.05, 0.1) is 10.8 Å². The van der Waals surface area contributed by atoms with Crippen molar-refractivity contribution in [3.63, 3.8) is 0 Å². The van der Waals surface area contributed by atoms with E-state index < -0.39 is 22.7 Å². The second kappa shape index (κ2) is 2.94. The first kappa shape index (κ1) is 11.3. The summed E-state index contributed by atoms with van der Waals surface area (Å²) in [5.74, 6) is -2.32. The Hall–Kier alpha value is -1.84. The maximum atomic E-state index is 12.0. The van der Waals surface area contributed by atoms with Crippen LogP contribution in [0.25, 0.3) is 0 Å². The van der Waals surface area contributed by atoms with Crippen molar-refractivity contribution in [2.75, 3.05) is 0 Å². The highest BCUT2D eigenvalue weighted by molar-refractivity contribution is 6.21. The van der Waals surface area contributed by atoms with Crippen LogP contribution in [0.2, 0.25) is 0 Å². The smallest absolute Gasteiger partial charge is 0.163 e. The Balaban J connectivity index is 2.24. The molecule has 4 nitrogen and oxygen atoms in total. The van der Waals surface area contributed by atoms with E-state index in [1.807, 2.05) is 0 Å². The largest absolute Gasteiger partial charge is 0.294 e. The number of allylic oxidation sites excluding steroid dienone is 4. The average molecular weight is 244 g/mol. The summed E-state index contributed by atoms with van der Waals surface area (Å²) >= 11 is 0. The summed E-state index contributed by atoms with van der Waals surface area (Å²) in [4.78, 5) is 48.1. The molecule has 0 N–H and O–H groups in total. The van der Waals surface area contributed by atoms with E-state index in [0.717, 1.165) is 0 Å². The predicted octanol–water partition coefficient (Wildman–Crippen LogP) is 0.661. The fourth-order valence-electron chi connectivity index (χ4n) is 4.10. The standard InChI is InChI=1S/C14H12O4/c1-13-9(17)5-3-7(15)11(13)14(2)10(18)6-4-8(16)12(13)14/h3-6,11-12H,1-2H3. The SMILES string of the molecule is CC12C(=O)C=CC(=O)C1C1(C)C(=O)C=CC(=O)C21. The number of carbonyl (C=O) groups excluding carboxylic acids is 4. The molecule has 0 aromatic rings. The Kier molecular flexibility index (Phi) is 1.84. The van der Waals surface area contributed by atoms with Gasteiger partial charge in [-0.25, -0.2) is 0 Å². The second-order valence-electron chi connectivity index (χ2n) is 5.63. The quantitative estimate of drug-likeness (QED) is 0.627. The molecule has 0 saturated heterocycles. The van der Waals surface area contributed by atoms with Crippen LogP contribution in [-0.4, -0.2) is 23.1 Å². The first-order valence-electron chi connectivity index (χ1n) is 5.87. The van der Waals surface area contributed by atoms with Crippen LogP contribution in [0.15, 0.2) is 24.3 Å². The zero-order valence-electron chi connectivity index (χ0n) is 10.1. The third kappa shape index (κ3) is 0.901. The molecule has 92 valence electrons. The molecule has 3 rings (SSSR count). The lowest BCUT2D eigenvalue weighted by Gasteiger charge is -2.63. The van der Waals surface area contributed by atoms with Gasteiger partial charge in [0.25, 0.3) is 0 Å².